The van der Waals surface area contributed by atoms with Crippen molar-refractivity contribution in [3.63, 3.8) is 0 Å². The molecule has 2 fully saturated rings. The van der Waals surface area contributed by atoms with E-state index in [1.165, 1.54) is 0 Å². The van der Waals surface area contributed by atoms with Gasteiger partial charge in [-0.05, 0) is 74.0 Å². The van der Waals surface area contributed by atoms with E-state index in [0.29, 0.717) is 13.1 Å². The lowest BCUT2D eigenvalue weighted by molar-refractivity contribution is -0.276. The van der Waals surface area contributed by atoms with Gasteiger partial charge >= 0.3 is 5.97 Å². The molecule has 2 saturated heterocycles. The Morgan fingerprint density at radius 3 is 2.36 bits per heavy atom. The predicted octanol–water partition coefficient (Wildman–Crippen LogP) is 5.90. The van der Waals surface area contributed by atoms with Crippen LogP contribution >= 0.6 is 0 Å². The summed E-state index contributed by atoms with van der Waals surface area (Å²) in [4.78, 5) is 15.3. The van der Waals surface area contributed by atoms with Crippen molar-refractivity contribution in [2.75, 3.05) is 13.1 Å². The van der Waals surface area contributed by atoms with Crippen LogP contribution in [-0.4, -0.2) is 46.8 Å². The average molecular weight is 573 g/mol. The lowest BCUT2D eigenvalue weighted by Gasteiger charge is -2.43. The van der Waals surface area contributed by atoms with Gasteiger partial charge in [0.25, 0.3) is 0 Å². The zero-order valence-corrected chi connectivity index (χ0v) is 25.2. The number of hydrogen-bond donors (Lipinski definition) is 2. The molecule has 224 valence electrons. The Morgan fingerprint density at radius 1 is 0.976 bits per heavy atom. The largest absolute Gasteiger partial charge is 0.459 e. The lowest BCUT2D eigenvalue weighted by atomic mass is 9.89. The number of carbonyl (C=O) groups is 1. The van der Waals surface area contributed by atoms with Crippen LogP contribution in [0.25, 0.3) is 11.1 Å². The molecule has 2 heterocycles. The number of rotatable bonds is 8. The molecule has 7 heteroatoms. The average Bonchev–Trinajstić information content (AvgIpc) is 3.46. The van der Waals surface area contributed by atoms with Crippen molar-refractivity contribution in [1.29, 1.82) is 0 Å². The molecule has 0 radical (unpaired) electrons. The molecular weight excluding hydrogens is 528 g/mol. The zero-order valence-electron chi connectivity index (χ0n) is 25.2. The molecule has 0 spiro atoms. The number of carbonyl (C=O) groups excluding carboxylic acids is 1. The van der Waals surface area contributed by atoms with E-state index in [9.17, 15) is 9.90 Å². The topological polar surface area (TPSA) is 94.3 Å². The van der Waals surface area contributed by atoms with E-state index in [1.54, 1.807) is 0 Å². The second-order valence-corrected chi connectivity index (χ2v) is 12.5. The molecule has 0 bridgehead atoms. The predicted molar refractivity (Wildman–Crippen MR) is 163 cm³/mol. The van der Waals surface area contributed by atoms with E-state index < -0.39 is 11.9 Å². The first-order valence-electron chi connectivity index (χ1n) is 15.0. The van der Waals surface area contributed by atoms with Crippen LogP contribution < -0.4 is 5.73 Å². The second-order valence-electron chi connectivity index (χ2n) is 12.5. The van der Waals surface area contributed by atoms with Crippen molar-refractivity contribution in [3.05, 3.63) is 95.1 Å². The highest BCUT2D eigenvalue weighted by atomic mass is 16.7. The molecule has 3 aromatic rings. The van der Waals surface area contributed by atoms with Crippen molar-refractivity contribution in [3.8, 4) is 11.1 Å². The number of esters is 1. The molecule has 5 rings (SSSR count). The number of aliphatic hydroxyl groups excluding tert-OH is 1. The minimum Gasteiger partial charge on any atom is -0.459 e. The zero-order chi connectivity index (χ0) is 29.9. The molecule has 5 atom stereocenters. The van der Waals surface area contributed by atoms with Crippen LogP contribution in [-0.2, 0) is 32.2 Å². The van der Waals surface area contributed by atoms with Crippen LogP contribution in [0.5, 0.6) is 0 Å². The molecule has 0 amide bonds. The van der Waals surface area contributed by atoms with Crippen molar-refractivity contribution in [2.45, 2.75) is 83.8 Å². The summed E-state index contributed by atoms with van der Waals surface area (Å²) in [5, 5.41) is 9.56. The Kier molecular flexibility index (Phi) is 9.45. The van der Waals surface area contributed by atoms with Crippen LogP contribution in [0.2, 0.25) is 0 Å². The maximum absolute atomic E-state index is 13.1. The Bertz CT molecular complexity index is 1330. The summed E-state index contributed by atoms with van der Waals surface area (Å²) in [6, 6.07) is 24.2. The van der Waals surface area contributed by atoms with Crippen LogP contribution in [0.3, 0.4) is 0 Å². The van der Waals surface area contributed by atoms with E-state index >= 15 is 0 Å². The van der Waals surface area contributed by atoms with Crippen molar-refractivity contribution in [1.82, 2.24) is 4.90 Å². The first-order chi connectivity index (χ1) is 20.1. The van der Waals surface area contributed by atoms with Gasteiger partial charge in [0.15, 0.2) is 6.29 Å². The first kappa shape index (κ1) is 30.4. The molecule has 42 heavy (non-hydrogen) atoms. The van der Waals surface area contributed by atoms with Gasteiger partial charge in [-0.3, -0.25) is 9.69 Å². The summed E-state index contributed by atoms with van der Waals surface area (Å²) in [7, 11) is 0. The maximum atomic E-state index is 13.1. The molecular formula is C35H44N2O5. The molecule has 0 aliphatic carbocycles. The number of ether oxygens (including phenoxy) is 3. The summed E-state index contributed by atoms with van der Waals surface area (Å²) >= 11 is 0. The van der Waals surface area contributed by atoms with Gasteiger partial charge in [-0.15, -0.1) is 0 Å². The summed E-state index contributed by atoms with van der Waals surface area (Å²) in [6.07, 6.45) is 0.777. The minimum atomic E-state index is -0.569. The number of nitrogens with zero attached hydrogens (tertiary/aromatic N) is 1. The van der Waals surface area contributed by atoms with E-state index in [-0.39, 0.29) is 36.7 Å². The summed E-state index contributed by atoms with van der Waals surface area (Å²) in [5.74, 6) is -0.138. The second kappa shape index (κ2) is 13.1. The molecule has 2 aliphatic heterocycles. The Hall–Kier alpha value is -3.07. The molecule has 2 aliphatic rings. The standard InChI is InChI=1S/C35H44N2O5/c1-23-31(21-37-18-6-9-30(37)33(39)42-35(2,3)4)40-34(41-32(23)27-12-10-24(22-38)11-13-27)28-16-14-26(15-17-28)29-8-5-7-25(19-29)20-36/h5,7-8,10-17,19,23,30-32,34,38H,6,9,18,20-22,36H2,1-4H3/t23-,30-,31+,32+,34+/m0/s1. The van der Waals surface area contributed by atoms with E-state index in [1.807, 2.05) is 57.2 Å². The highest BCUT2D eigenvalue weighted by Crippen LogP contribution is 2.42. The molecule has 0 aromatic heterocycles. The Morgan fingerprint density at radius 2 is 1.69 bits per heavy atom. The number of hydrogen-bond acceptors (Lipinski definition) is 7. The van der Waals surface area contributed by atoms with Crippen molar-refractivity contribution >= 4 is 5.97 Å². The maximum Gasteiger partial charge on any atom is 0.323 e. The molecule has 3 aromatic carbocycles. The fourth-order valence-corrected chi connectivity index (χ4v) is 5.95. The highest BCUT2D eigenvalue weighted by molar-refractivity contribution is 5.76. The van der Waals surface area contributed by atoms with Crippen molar-refractivity contribution in [2.24, 2.45) is 11.7 Å². The smallest absolute Gasteiger partial charge is 0.323 e. The number of likely N-dealkylation sites (tertiary alicyclic amines) is 1. The van der Waals surface area contributed by atoms with Crippen LogP contribution in [0, 0.1) is 5.92 Å². The van der Waals surface area contributed by atoms with E-state index in [0.717, 1.165) is 52.8 Å². The van der Waals surface area contributed by atoms with Crippen molar-refractivity contribution < 1.29 is 24.1 Å². The fraction of sp³-hybridized carbons (Fsp3) is 0.457. The van der Waals surface area contributed by atoms with Gasteiger partial charge in [0.2, 0.25) is 0 Å². The van der Waals surface area contributed by atoms with Crippen LogP contribution in [0.1, 0.15) is 75.2 Å². The number of benzene rings is 3. The first-order valence-corrected chi connectivity index (χ1v) is 15.0. The Balaban J connectivity index is 1.40. The van der Waals surface area contributed by atoms with Gasteiger partial charge in [0.05, 0.1) is 18.8 Å². The normalized spacial score (nSPS) is 25.0. The van der Waals surface area contributed by atoms with Crippen LogP contribution in [0.15, 0.2) is 72.8 Å². The summed E-state index contributed by atoms with van der Waals surface area (Å²) < 4.78 is 19.1. The SMILES string of the molecule is C[C@H]1[C@@H](CN2CCC[C@H]2C(=O)OC(C)(C)C)O[C@@H](c2ccc(-c3cccc(CN)c3)cc2)O[C@H]1c1ccc(CO)cc1. The number of aliphatic hydroxyl groups is 1. The quantitative estimate of drug-likeness (QED) is 0.325. The third-order valence-corrected chi connectivity index (χ3v) is 8.26. The van der Waals surface area contributed by atoms with Gasteiger partial charge in [0.1, 0.15) is 11.6 Å². The van der Waals surface area contributed by atoms with Gasteiger partial charge in [-0.2, -0.15) is 0 Å². The number of nitrogens with two attached hydrogens (primary N) is 1. The van der Waals surface area contributed by atoms with Gasteiger partial charge in [-0.25, -0.2) is 0 Å². The van der Waals surface area contributed by atoms with Gasteiger partial charge in [-0.1, -0.05) is 73.7 Å². The molecule has 0 saturated carbocycles. The molecule has 3 N–H and O–H groups in total. The monoisotopic (exact) mass is 572 g/mol. The molecule has 0 unspecified atom stereocenters. The third kappa shape index (κ3) is 7.10. The fourth-order valence-electron chi connectivity index (χ4n) is 5.95. The molecule has 7 nitrogen and oxygen atoms in total. The summed E-state index contributed by atoms with van der Waals surface area (Å²) in [5.41, 5.74) is 11.5. The Labute approximate surface area is 249 Å². The highest BCUT2D eigenvalue weighted by Gasteiger charge is 2.42. The lowest BCUT2D eigenvalue weighted by Crippen LogP contribution is -2.48. The minimum absolute atomic E-state index is 0.00271. The van der Waals surface area contributed by atoms with Gasteiger partial charge < -0.3 is 25.1 Å². The van der Waals surface area contributed by atoms with E-state index in [4.69, 9.17) is 19.9 Å². The van der Waals surface area contributed by atoms with Crippen LogP contribution in [0.4, 0.5) is 0 Å². The summed E-state index contributed by atoms with van der Waals surface area (Å²) in [6.45, 7) is 9.81. The van der Waals surface area contributed by atoms with Gasteiger partial charge in [0, 0.05) is 24.6 Å². The van der Waals surface area contributed by atoms with E-state index in [2.05, 4.69) is 48.2 Å². The third-order valence-electron chi connectivity index (χ3n) is 8.26.